The summed E-state index contributed by atoms with van der Waals surface area (Å²) in [7, 11) is 0. The van der Waals surface area contributed by atoms with Gasteiger partial charge in [-0.05, 0) is 68.2 Å². The highest BCUT2D eigenvalue weighted by molar-refractivity contribution is 7.26. The van der Waals surface area contributed by atoms with Crippen molar-refractivity contribution in [2.45, 2.75) is 45.9 Å². The maximum absolute atomic E-state index is 8.52. The largest absolute Gasteiger partial charge is 0.256 e. The van der Waals surface area contributed by atoms with E-state index in [9.17, 15) is 0 Å². The number of pyridine rings is 1. The number of hydrogen-bond donors (Lipinski definition) is 0. The van der Waals surface area contributed by atoms with Gasteiger partial charge in [0.1, 0.15) is 0 Å². The Hall–Kier alpha value is -3.23. The van der Waals surface area contributed by atoms with Crippen LogP contribution in [-0.4, -0.2) is 4.98 Å². The molecule has 1 nitrogen and oxygen atoms in total. The van der Waals surface area contributed by atoms with Crippen molar-refractivity contribution in [2.75, 3.05) is 0 Å². The van der Waals surface area contributed by atoms with Crippen LogP contribution in [0.2, 0.25) is 0 Å². The summed E-state index contributed by atoms with van der Waals surface area (Å²) in [5.74, 6) is -0.666. The standard InChI is InChI=1S/C32H29NS/c1-19(2)21-14-15-33-28(17-21)24-12-13-27(32(3,4)5)30-26-16-22-11-10-20-8-6-7-9-23(20)25(22)18-29(26)34-31(24)30/h6-19H,1-5H3/i19D. The number of aromatic nitrogens is 1. The Morgan fingerprint density at radius 3 is 2.41 bits per heavy atom. The first-order valence-electron chi connectivity index (χ1n) is 12.4. The van der Waals surface area contributed by atoms with E-state index in [1.807, 2.05) is 37.4 Å². The Morgan fingerprint density at radius 2 is 1.62 bits per heavy atom. The monoisotopic (exact) mass is 460 g/mol. The van der Waals surface area contributed by atoms with E-state index in [-0.39, 0.29) is 5.41 Å². The van der Waals surface area contributed by atoms with Gasteiger partial charge < -0.3 is 0 Å². The quantitative estimate of drug-likeness (QED) is 0.234. The van der Waals surface area contributed by atoms with Crippen LogP contribution < -0.4 is 0 Å². The van der Waals surface area contributed by atoms with Crippen LogP contribution in [0.15, 0.2) is 79.0 Å². The van der Waals surface area contributed by atoms with Crippen LogP contribution in [-0.2, 0) is 5.41 Å². The molecule has 0 atom stereocenters. The van der Waals surface area contributed by atoms with E-state index < -0.39 is 5.89 Å². The van der Waals surface area contributed by atoms with E-state index in [0.29, 0.717) is 0 Å². The summed E-state index contributed by atoms with van der Waals surface area (Å²) in [5.41, 5.74) is 4.44. The molecule has 0 aliphatic carbocycles. The summed E-state index contributed by atoms with van der Waals surface area (Å²) in [6, 6.07) is 26.4. The summed E-state index contributed by atoms with van der Waals surface area (Å²) < 4.78 is 11.1. The van der Waals surface area contributed by atoms with Crippen LogP contribution in [0.3, 0.4) is 0 Å². The van der Waals surface area contributed by atoms with Crippen LogP contribution in [0, 0.1) is 0 Å². The molecule has 2 heterocycles. The highest BCUT2D eigenvalue weighted by Crippen LogP contribution is 2.46. The number of thiophene rings is 1. The van der Waals surface area contributed by atoms with Gasteiger partial charge in [-0.15, -0.1) is 11.3 Å². The van der Waals surface area contributed by atoms with Gasteiger partial charge in [-0.2, -0.15) is 0 Å². The second kappa shape index (κ2) is 7.65. The van der Waals surface area contributed by atoms with Gasteiger partial charge in [0.2, 0.25) is 0 Å². The molecule has 0 aliphatic heterocycles. The van der Waals surface area contributed by atoms with Gasteiger partial charge in [0.05, 0.1) is 5.69 Å². The molecular weight excluding hydrogens is 430 g/mol. The predicted molar refractivity (Wildman–Crippen MR) is 150 cm³/mol. The number of nitrogens with zero attached hydrogens (tertiary/aromatic N) is 1. The van der Waals surface area contributed by atoms with Crippen LogP contribution in [0.1, 0.15) is 53.0 Å². The smallest absolute Gasteiger partial charge is 0.0719 e. The van der Waals surface area contributed by atoms with Crippen molar-refractivity contribution in [3.8, 4) is 11.3 Å². The van der Waals surface area contributed by atoms with Gasteiger partial charge in [0.15, 0.2) is 0 Å². The highest BCUT2D eigenvalue weighted by Gasteiger charge is 2.23. The lowest BCUT2D eigenvalue weighted by molar-refractivity contribution is 0.596. The zero-order valence-corrected chi connectivity index (χ0v) is 21.2. The first-order valence-corrected chi connectivity index (χ1v) is 12.7. The molecule has 0 amide bonds. The lowest BCUT2D eigenvalue weighted by Crippen LogP contribution is -2.11. The number of rotatable bonds is 2. The Kier molecular flexibility index (Phi) is 4.54. The molecule has 2 aromatic heterocycles. The fourth-order valence-electron chi connectivity index (χ4n) is 5.10. The maximum atomic E-state index is 8.52. The van der Waals surface area contributed by atoms with Crippen molar-refractivity contribution in [3.05, 3.63) is 90.1 Å². The van der Waals surface area contributed by atoms with Gasteiger partial charge in [0.25, 0.3) is 0 Å². The van der Waals surface area contributed by atoms with Gasteiger partial charge in [-0.25, -0.2) is 0 Å². The van der Waals surface area contributed by atoms with Crippen LogP contribution >= 0.6 is 11.3 Å². The molecule has 34 heavy (non-hydrogen) atoms. The minimum atomic E-state index is -0.666. The maximum Gasteiger partial charge on any atom is 0.0719 e. The normalized spacial score (nSPS) is 13.3. The van der Waals surface area contributed by atoms with E-state index in [1.54, 1.807) is 0 Å². The summed E-state index contributed by atoms with van der Waals surface area (Å²) in [6.07, 6.45) is 1.85. The van der Waals surface area contributed by atoms with Gasteiger partial charge in [-0.3, -0.25) is 4.98 Å². The summed E-state index contributed by atoms with van der Waals surface area (Å²) in [6.45, 7) is 10.7. The predicted octanol–water partition coefficient (Wildman–Crippen LogP) is 9.84. The molecule has 6 rings (SSSR count). The van der Waals surface area contributed by atoms with E-state index in [1.165, 1.54) is 47.3 Å². The molecule has 0 saturated heterocycles. The summed E-state index contributed by atoms with van der Waals surface area (Å²) in [4.78, 5) is 4.75. The molecule has 0 fully saturated rings. The lowest BCUT2D eigenvalue weighted by Gasteiger charge is -2.21. The molecule has 4 aromatic carbocycles. The Morgan fingerprint density at radius 1 is 0.824 bits per heavy atom. The third-order valence-corrected chi connectivity index (χ3v) is 8.09. The SMILES string of the molecule is [2H]C(C)(C)c1ccnc(-c2ccc(C(C)(C)C)c3c2sc2cc4c(ccc5ccccc54)cc23)c1. The van der Waals surface area contributed by atoms with E-state index in [4.69, 9.17) is 6.35 Å². The molecule has 0 spiro atoms. The van der Waals surface area contributed by atoms with Crippen LogP contribution in [0.5, 0.6) is 0 Å². The van der Waals surface area contributed by atoms with Crippen molar-refractivity contribution >= 4 is 53.1 Å². The zero-order valence-electron chi connectivity index (χ0n) is 21.4. The molecule has 0 saturated carbocycles. The highest BCUT2D eigenvalue weighted by atomic mass is 32.1. The third kappa shape index (κ3) is 3.32. The molecule has 6 aromatic rings. The van der Waals surface area contributed by atoms with Crippen molar-refractivity contribution in [2.24, 2.45) is 0 Å². The van der Waals surface area contributed by atoms with Crippen LogP contribution in [0.4, 0.5) is 0 Å². The second-order valence-electron chi connectivity index (χ2n) is 10.5. The average Bonchev–Trinajstić information content (AvgIpc) is 3.19. The second-order valence-corrected chi connectivity index (χ2v) is 11.6. The summed E-state index contributed by atoms with van der Waals surface area (Å²) >= 11 is 1.86. The molecular formula is C32H29NS. The molecule has 168 valence electrons. The van der Waals surface area contributed by atoms with Crippen molar-refractivity contribution in [3.63, 3.8) is 0 Å². The number of fused-ring (bicyclic) bond motifs is 6. The molecule has 0 bridgehead atoms. The average molecular weight is 461 g/mol. The first kappa shape index (κ1) is 20.2. The fraction of sp³-hybridized carbons (Fsp3) is 0.219. The molecule has 0 N–H and O–H groups in total. The van der Waals surface area contributed by atoms with Crippen LogP contribution in [0.25, 0.3) is 53.0 Å². The van der Waals surface area contributed by atoms with Crippen molar-refractivity contribution in [1.82, 2.24) is 4.98 Å². The van der Waals surface area contributed by atoms with E-state index >= 15 is 0 Å². The molecule has 0 radical (unpaired) electrons. The molecule has 0 aliphatic rings. The number of hydrogen-bond acceptors (Lipinski definition) is 2. The van der Waals surface area contributed by atoms with E-state index in [2.05, 4.69) is 87.5 Å². The van der Waals surface area contributed by atoms with Crippen molar-refractivity contribution in [1.29, 1.82) is 0 Å². The topological polar surface area (TPSA) is 12.9 Å². The zero-order chi connectivity index (χ0) is 24.5. The number of benzene rings is 4. The Labute approximate surface area is 206 Å². The lowest BCUT2D eigenvalue weighted by atomic mass is 9.83. The molecule has 0 unspecified atom stereocenters. The van der Waals surface area contributed by atoms with Gasteiger partial charge >= 0.3 is 0 Å². The van der Waals surface area contributed by atoms with Gasteiger partial charge in [0, 0.05) is 33.3 Å². The minimum absolute atomic E-state index is 0.0154. The summed E-state index contributed by atoms with van der Waals surface area (Å²) in [5, 5.41) is 7.80. The Bertz CT molecular complexity index is 1760. The van der Waals surface area contributed by atoms with E-state index in [0.717, 1.165) is 16.8 Å². The van der Waals surface area contributed by atoms with Crippen molar-refractivity contribution < 1.29 is 1.37 Å². The third-order valence-electron chi connectivity index (χ3n) is 6.91. The molecule has 2 heteroatoms. The fourth-order valence-corrected chi connectivity index (χ4v) is 6.37. The minimum Gasteiger partial charge on any atom is -0.256 e. The Balaban J connectivity index is 1.72. The first-order chi connectivity index (χ1) is 16.6. The van der Waals surface area contributed by atoms with Gasteiger partial charge in [-0.1, -0.05) is 83.1 Å².